The van der Waals surface area contributed by atoms with Crippen LogP contribution in [0.3, 0.4) is 0 Å². The Hall–Kier alpha value is -2.08. The van der Waals surface area contributed by atoms with Crippen LogP contribution in [-0.4, -0.2) is 17.0 Å². The Kier molecular flexibility index (Phi) is 2.68. The molecule has 0 bridgehead atoms. The van der Waals surface area contributed by atoms with E-state index in [2.05, 4.69) is 0 Å². The van der Waals surface area contributed by atoms with Crippen LogP contribution in [0.4, 0.5) is 5.69 Å². The van der Waals surface area contributed by atoms with E-state index in [0.717, 1.165) is 0 Å². The average Bonchev–Trinajstić information content (AvgIpc) is 2.15. The molecule has 0 aliphatic rings. The first kappa shape index (κ1) is 10.0. The molecule has 1 rings (SSSR count). The molecule has 0 saturated heterocycles. The van der Waals surface area contributed by atoms with Crippen molar-refractivity contribution in [1.82, 2.24) is 5.43 Å². The number of carbonyl (C=O) groups is 2. The monoisotopic (exact) mass is 195 g/mol. The van der Waals surface area contributed by atoms with Crippen molar-refractivity contribution in [3.05, 3.63) is 29.3 Å². The number of carbonyl (C=O) groups excluding carboxylic acids is 1. The van der Waals surface area contributed by atoms with E-state index in [1.54, 1.807) is 0 Å². The molecule has 0 fully saturated rings. The normalized spacial score (nSPS) is 9.50. The first-order chi connectivity index (χ1) is 6.57. The van der Waals surface area contributed by atoms with Crippen LogP contribution >= 0.6 is 0 Å². The Bertz CT molecular complexity index is 389. The van der Waals surface area contributed by atoms with Gasteiger partial charge in [0.2, 0.25) is 0 Å². The molecule has 0 unspecified atom stereocenters. The van der Waals surface area contributed by atoms with Gasteiger partial charge >= 0.3 is 5.97 Å². The van der Waals surface area contributed by atoms with E-state index in [1.165, 1.54) is 18.2 Å². The third-order valence-corrected chi connectivity index (χ3v) is 1.69. The number of benzene rings is 1. The zero-order valence-electron chi connectivity index (χ0n) is 7.15. The Labute approximate surface area is 79.5 Å². The molecular weight excluding hydrogens is 186 g/mol. The molecule has 0 saturated carbocycles. The number of nitrogen functional groups attached to an aromatic ring is 2. The Balaban J connectivity index is 3.35. The highest BCUT2D eigenvalue weighted by atomic mass is 16.4. The molecule has 0 heterocycles. The fraction of sp³-hybridized carbons (Fsp3) is 0. The molecule has 14 heavy (non-hydrogen) atoms. The molecule has 74 valence electrons. The maximum atomic E-state index is 11.1. The number of nitrogens with two attached hydrogens (primary N) is 2. The molecule has 6 N–H and O–H groups in total. The largest absolute Gasteiger partial charge is 0.478 e. The number of carboxylic acid groups (broad SMARTS) is 1. The van der Waals surface area contributed by atoms with Crippen LogP contribution in [0.15, 0.2) is 18.2 Å². The lowest BCUT2D eigenvalue weighted by Crippen LogP contribution is -2.31. The first-order valence-electron chi connectivity index (χ1n) is 3.70. The molecule has 0 aliphatic carbocycles. The smallest absolute Gasteiger partial charge is 0.338 e. The fourth-order valence-electron chi connectivity index (χ4n) is 1.08. The van der Waals surface area contributed by atoms with Gasteiger partial charge in [-0.3, -0.25) is 10.2 Å². The van der Waals surface area contributed by atoms with Crippen LogP contribution in [-0.2, 0) is 0 Å². The van der Waals surface area contributed by atoms with Crippen molar-refractivity contribution in [2.24, 2.45) is 5.84 Å². The lowest BCUT2D eigenvalue weighted by atomic mass is 10.1. The third kappa shape index (κ3) is 1.64. The predicted molar refractivity (Wildman–Crippen MR) is 49.5 cm³/mol. The van der Waals surface area contributed by atoms with Gasteiger partial charge in [-0.2, -0.15) is 0 Å². The lowest BCUT2D eigenvalue weighted by molar-refractivity contribution is 0.0692. The molecule has 1 amide bonds. The molecule has 1 aromatic rings. The molecule has 0 aliphatic heterocycles. The second-order valence-corrected chi connectivity index (χ2v) is 2.55. The number of carboxylic acids is 1. The zero-order valence-corrected chi connectivity index (χ0v) is 7.15. The second-order valence-electron chi connectivity index (χ2n) is 2.55. The summed E-state index contributed by atoms with van der Waals surface area (Å²) in [6, 6.07) is 4.21. The number of hydrogen-bond acceptors (Lipinski definition) is 4. The zero-order chi connectivity index (χ0) is 10.7. The number of hydrazine groups is 1. The van der Waals surface area contributed by atoms with Crippen LogP contribution in [0.1, 0.15) is 20.7 Å². The summed E-state index contributed by atoms with van der Waals surface area (Å²) in [6.07, 6.45) is 0. The number of amides is 1. The topological polar surface area (TPSA) is 118 Å². The summed E-state index contributed by atoms with van der Waals surface area (Å²) in [5.74, 6) is 2.94. The first-order valence-corrected chi connectivity index (χ1v) is 3.70. The number of hydrogen-bond donors (Lipinski definition) is 4. The Morgan fingerprint density at radius 3 is 2.50 bits per heavy atom. The highest BCUT2D eigenvalue weighted by Crippen LogP contribution is 2.16. The van der Waals surface area contributed by atoms with Crippen LogP contribution in [0.5, 0.6) is 0 Å². The number of nitrogens with one attached hydrogen (secondary N) is 1. The quantitative estimate of drug-likeness (QED) is 0.221. The summed E-state index contributed by atoms with van der Waals surface area (Å²) in [4.78, 5) is 21.9. The van der Waals surface area contributed by atoms with Crippen LogP contribution in [0, 0.1) is 0 Å². The van der Waals surface area contributed by atoms with Gasteiger partial charge in [-0.15, -0.1) is 0 Å². The molecule has 0 aromatic heterocycles. The van der Waals surface area contributed by atoms with Gasteiger partial charge in [0, 0.05) is 5.69 Å². The van der Waals surface area contributed by atoms with Crippen molar-refractivity contribution < 1.29 is 14.7 Å². The maximum Gasteiger partial charge on any atom is 0.338 e. The minimum absolute atomic E-state index is 0.0265. The van der Waals surface area contributed by atoms with E-state index in [4.69, 9.17) is 16.7 Å². The van der Waals surface area contributed by atoms with Gasteiger partial charge in [0.15, 0.2) is 0 Å². The van der Waals surface area contributed by atoms with Gasteiger partial charge in [0.1, 0.15) is 0 Å². The van der Waals surface area contributed by atoms with Crippen molar-refractivity contribution in [2.75, 3.05) is 5.73 Å². The molecule has 1 aromatic carbocycles. The molecule has 0 spiro atoms. The summed E-state index contributed by atoms with van der Waals surface area (Å²) < 4.78 is 0. The lowest BCUT2D eigenvalue weighted by Gasteiger charge is -2.06. The molecule has 0 radical (unpaired) electrons. The SMILES string of the molecule is NNC(=O)c1cccc(N)c1C(=O)O. The van der Waals surface area contributed by atoms with Gasteiger partial charge in [-0.25, -0.2) is 10.6 Å². The number of aromatic carboxylic acids is 1. The van der Waals surface area contributed by atoms with Crippen molar-refractivity contribution in [1.29, 1.82) is 0 Å². The minimum atomic E-state index is -1.26. The van der Waals surface area contributed by atoms with Crippen molar-refractivity contribution >= 4 is 17.6 Å². The summed E-state index contributed by atoms with van der Waals surface area (Å²) in [7, 11) is 0. The summed E-state index contributed by atoms with van der Waals surface area (Å²) in [5, 5.41) is 8.79. The van der Waals surface area contributed by atoms with Gasteiger partial charge in [-0.1, -0.05) is 6.07 Å². The maximum absolute atomic E-state index is 11.1. The van der Waals surface area contributed by atoms with Gasteiger partial charge in [0.25, 0.3) is 5.91 Å². The summed E-state index contributed by atoms with van der Waals surface area (Å²) in [5.41, 5.74) is 6.99. The van der Waals surface area contributed by atoms with Crippen LogP contribution in [0.25, 0.3) is 0 Å². The van der Waals surface area contributed by atoms with Crippen LogP contribution in [0.2, 0.25) is 0 Å². The van der Waals surface area contributed by atoms with Gasteiger partial charge in [-0.05, 0) is 12.1 Å². The predicted octanol–water partition coefficient (Wildman–Crippen LogP) is -0.430. The third-order valence-electron chi connectivity index (χ3n) is 1.69. The van der Waals surface area contributed by atoms with E-state index in [9.17, 15) is 9.59 Å². The Morgan fingerprint density at radius 2 is 2.00 bits per heavy atom. The average molecular weight is 195 g/mol. The second kappa shape index (κ2) is 3.75. The Morgan fingerprint density at radius 1 is 1.36 bits per heavy atom. The standard InChI is InChI=1S/C8H9N3O3/c9-5-3-1-2-4(7(12)11-10)6(5)8(13)14/h1-3H,9-10H2,(H,11,12)(H,13,14). The highest BCUT2D eigenvalue weighted by molar-refractivity contribution is 6.07. The summed E-state index contributed by atoms with van der Waals surface area (Å²) >= 11 is 0. The minimum Gasteiger partial charge on any atom is -0.478 e. The fourth-order valence-corrected chi connectivity index (χ4v) is 1.08. The number of rotatable bonds is 2. The van der Waals surface area contributed by atoms with Gasteiger partial charge in [0.05, 0.1) is 11.1 Å². The van der Waals surface area contributed by atoms with Gasteiger partial charge < -0.3 is 10.8 Å². The van der Waals surface area contributed by atoms with Crippen molar-refractivity contribution in [3.8, 4) is 0 Å². The molecular formula is C8H9N3O3. The van der Waals surface area contributed by atoms with E-state index < -0.39 is 11.9 Å². The van der Waals surface area contributed by atoms with Crippen LogP contribution < -0.4 is 17.0 Å². The summed E-state index contributed by atoms with van der Waals surface area (Å²) in [6.45, 7) is 0. The molecule has 6 nitrogen and oxygen atoms in total. The molecule has 6 heteroatoms. The molecule has 0 atom stereocenters. The van der Waals surface area contributed by atoms with E-state index in [1.807, 2.05) is 5.43 Å². The van der Waals surface area contributed by atoms with Crippen molar-refractivity contribution in [2.45, 2.75) is 0 Å². The van der Waals surface area contributed by atoms with Crippen molar-refractivity contribution in [3.63, 3.8) is 0 Å². The van der Waals surface area contributed by atoms with E-state index in [-0.39, 0.29) is 16.8 Å². The number of anilines is 1. The highest BCUT2D eigenvalue weighted by Gasteiger charge is 2.17. The van der Waals surface area contributed by atoms with E-state index >= 15 is 0 Å². The van der Waals surface area contributed by atoms with E-state index in [0.29, 0.717) is 0 Å².